The molecule has 0 aromatic rings. The average molecular weight is 510 g/mol. The number of carbonyl (C=O) groups is 6. The molecule has 0 fully saturated rings. The van der Waals surface area contributed by atoms with Crippen molar-refractivity contribution in [3.8, 4) is 0 Å². The van der Waals surface area contributed by atoms with E-state index in [-0.39, 0.29) is 18.8 Å². The Balaban J connectivity index is 5.69. The number of amides is 3. The molecule has 0 saturated carbocycles. The number of nitrogens with one attached hydrogen (secondary N) is 3. The van der Waals surface area contributed by atoms with Crippen LogP contribution in [-0.2, 0) is 28.7 Å². The van der Waals surface area contributed by atoms with E-state index in [1.165, 1.54) is 0 Å². The molecule has 3 amide bonds. The van der Waals surface area contributed by atoms with Gasteiger partial charge < -0.3 is 30.9 Å². The number of hydrogen-bond donors (Lipinski definition) is 5. The SMILES string of the molecule is CC(C)C[C@H](NC(=O)[C@H](CCC(=O)O)NC(=O)OC(C)(C)C)C(=O)NC(CC(F)F)C(=O)C(=O)O. The van der Waals surface area contributed by atoms with Crippen molar-refractivity contribution < 1.29 is 52.5 Å². The Labute approximate surface area is 201 Å². The van der Waals surface area contributed by atoms with Gasteiger partial charge in [-0.15, -0.1) is 0 Å². The van der Waals surface area contributed by atoms with Gasteiger partial charge in [0.25, 0.3) is 5.78 Å². The van der Waals surface area contributed by atoms with E-state index in [1.807, 2.05) is 5.32 Å². The van der Waals surface area contributed by atoms with Crippen LogP contribution in [-0.4, -0.2) is 76.0 Å². The molecule has 200 valence electrons. The van der Waals surface area contributed by atoms with Crippen LogP contribution in [0.25, 0.3) is 0 Å². The maximum Gasteiger partial charge on any atom is 0.408 e. The predicted molar refractivity (Wildman–Crippen MR) is 117 cm³/mol. The van der Waals surface area contributed by atoms with Crippen LogP contribution in [0.4, 0.5) is 13.6 Å². The molecule has 0 saturated heterocycles. The molecule has 0 rings (SSSR count). The quantitative estimate of drug-likeness (QED) is 0.213. The van der Waals surface area contributed by atoms with Crippen molar-refractivity contribution in [2.24, 2.45) is 5.92 Å². The van der Waals surface area contributed by atoms with Crippen molar-refractivity contribution in [1.29, 1.82) is 0 Å². The Morgan fingerprint density at radius 3 is 1.77 bits per heavy atom. The molecule has 0 aliphatic heterocycles. The molecule has 35 heavy (non-hydrogen) atoms. The maximum atomic E-state index is 12.8. The molecule has 0 bridgehead atoms. The Kier molecular flexibility index (Phi) is 12.8. The number of carboxylic acids is 2. The number of halogens is 2. The number of ketones is 1. The fraction of sp³-hybridized carbons (Fsp3) is 0.714. The maximum absolute atomic E-state index is 12.8. The first kappa shape index (κ1) is 31.7. The molecule has 12 nitrogen and oxygen atoms in total. The highest BCUT2D eigenvalue weighted by molar-refractivity contribution is 6.35. The Morgan fingerprint density at radius 1 is 0.829 bits per heavy atom. The number of carbonyl (C=O) groups excluding carboxylic acids is 4. The van der Waals surface area contributed by atoms with E-state index >= 15 is 0 Å². The van der Waals surface area contributed by atoms with E-state index in [0.717, 1.165) is 0 Å². The van der Waals surface area contributed by atoms with E-state index in [1.54, 1.807) is 34.6 Å². The lowest BCUT2D eigenvalue weighted by molar-refractivity contribution is -0.151. The molecule has 0 heterocycles. The van der Waals surface area contributed by atoms with Gasteiger partial charge in [0, 0.05) is 12.8 Å². The Bertz CT molecular complexity index is 797. The van der Waals surface area contributed by atoms with Crippen LogP contribution in [0.15, 0.2) is 0 Å². The summed E-state index contributed by atoms with van der Waals surface area (Å²) in [4.78, 5) is 71.2. The summed E-state index contributed by atoms with van der Waals surface area (Å²) in [5.74, 6) is -7.22. The molecular weight excluding hydrogens is 476 g/mol. The Morgan fingerprint density at radius 2 is 1.34 bits per heavy atom. The van der Waals surface area contributed by atoms with Crippen LogP contribution in [0.1, 0.15) is 60.3 Å². The molecule has 3 atom stereocenters. The number of ether oxygens (including phenoxy) is 1. The van der Waals surface area contributed by atoms with Crippen LogP contribution in [0.3, 0.4) is 0 Å². The largest absolute Gasteiger partial charge is 0.481 e. The first-order valence-corrected chi connectivity index (χ1v) is 10.8. The van der Waals surface area contributed by atoms with E-state index in [9.17, 15) is 37.5 Å². The van der Waals surface area contributed by atoms with E-state index < -0.39 is 78.6 Å². The lowest BCUT2D eigenvalue weighted by atomic mass is 10.0. The summed E-state index contributed by atoms with van der Waals surface area (Å²) < 4.78 is 30.7. The Hall–Kier alpha value is -3.32. The molecule has 5 N–H and O–H groups in total. The van der Waals surface area contributed by atoms with Crippen molar-refractivity contribution in [2.45, 2.75) is 90.5 Å². The minimum Gasteiger partial charge on any atom is -0.481 e. The molecular formula is C21H33F2N3O9. The number of Topliss-reactive ketones (excluding diaryl/α,β-unsaturated/α-hetero) is 1. The second-order valence-corrected chi connectivity index (χ2v) is 9.18. The van der Waals surface area contributed by atoms with Gasteiger partial charge in [0.15, 0.2) is 0 Å². The summed E-state index contributed by atoms with van der Waals surface area (Å²) >= 11 is 0. The summed E-state index contributed by atoms with van der Waals surface area (Å²) in [5, 5.41) is 24.2. The van der Waals surface area contributed by atoms with Crippen LogP contribution in [0, 0.1) is 5.92 Å². The van der Waals surface area contributed by atoms with Crippen molar-refractivity contribution in [1.82, 2.24) is 16.0 Å². The molecule has 0 aliphatic carbocycles. The number of alkyl carbamates (subject to hydrolysis) is 1. The summed E-state index contributed by atoms with van der Waals surface area (Å²) in [6.07, 6.45) is -6.28. The van der Waals surface area contributed by atoms with Crippen LogP contribution < -0.4 is 16.0 Å². The van der Waals surface area contributed by atoms with E-state index in [2.05, 4.69) is 10.6 Å². The summed E-state index contributed by atoms with van der Waals surface area (Å²) in [6.45, 7) is 8.04. The predicted octanol–water partition coefficient (Wildman–Crippen LogP) is 1.07. The summed E-state index contributed by atoms with van der Waals surface area (Å²) in [6, 6.07) is -4.87. The van der Waals surface area contributed by atoms with Crippen LogP contribution in [0.2, 0.25) is 0 Å². The zero-order chi connectivity index (χ0) is 27.5. The topological polar surface area (TPSA) is 188 Å². The van der Waals surface area contributed by atoms with Gasteiger partial charge in [0.2, 0.25) is 18.2 Å². The minimum absolute atomic E-state index is 0.0433. The number of rotatable bonds is 14. The lowest BCUT2D eigenvalue weighted by Crippen LogP contribution is -2.57. The van der Waals surface area contributed by atoms with Gasteiger partial charge in [0.05, 0.1) is 0 Å². The van der Waals surface area contributed by atoms with Gasteiger partial charge in [-0.3, -0.25) is 19.2 Å². The number of hydrogen-bond acceptors (Lipinski definition) is 7. The fourth-order valence-corrected chi connectivity index (χ4v) is 2.79. The number of alkyl halides is 2. The van der Waals surface area contributed by atoms with Gasteiger partial charge in [-0.05, 0) is 39.5 Å². The van der Waals surface area contributed by atoms with Gasteiger partial charge in [-0.1, -0.05) is 13.8 Å². The molecule has 0 aromatic heterocycles. The zero-order valence-corrected chi connectivity index (χ0v) is 20.2. The van der Waals surface area contributed by atoms with Crippen LogP contribution >= 0.6 is 0 Å². The molecule has 1 unspecified atom stereocenters. The molecule has 0 radical (unpaired) electrons. The smallest absolute Gasteiger partial charge is 0.408 e. The van der Waals surface area contributed by atoms with E-state index in [4.69, 9.17) is 14.9 Å². The summed E-state index contributed by atoms with van der Waals surface area (Å²) in [7, 11) is 0. The standard InChI is InChI=1S/C21H33F2N3O9/c1-10(2)8-13(18(31)24-12(9-14(22)23)16(29)19(32)33)25-17(30)11(6-7-15(27)28)26-20(34)35-21(3,4)5/h10-14H,6-9H2,1-5H3,(H,24,31)(H,25,30)(H,26,34)(H,27,28)(H,32,33)/t11-,12?,13-/m0/s1. The highest BCUT2D eigenvalue weighted by Crippen LogP contribution is 2.11. The van der Waals surface area contributed by atoms with E-state index in [0.29, 0.717) is 0 Å². The molecule has 14 heteroatoms. The normalized spacial score (nSPS) is 14.0. The highest BCUT2D eigenvalue weighted by Gasteiger charge is 2.34. The van der Waals surface area contributed by atoms with Crippen molar-refractivity contribution in [3.05, 3.63) is 0 Å². The fourth-order valence-electron chi connectivity index (χ4n) is 2.79. The van der Waals surface area contributed by atoms with Crippen LogP contribution in [0.5, 0.6) is 0 Å². The second-order valence-electron chi connectivity index (χ2n) is 9.18. The molecule has 0 spiro atoms. The number of aliphatic carboxylic acids is 2. The van der Waals surface area contributed by atoms with Gasteiger partial charge in [0.1, 0.15) is 23.7 Å². The van der Waals surface area contributed by atoms with Gasteiger partial charge in [-0.25, -0.2) is 18.4 Å². The van der Waals surface area contributed by atoms with Crippen molar-refractivity contribution in [3.63, 3.8) is 0 Å². The van der Waals surface area contributed by atoms with Gasteiger partial charge >= 0.3 is 18.0 Å². The summed E-state index contributed by atoms with van der Waals surface area (Å²) in [5.41, 5.74) is -0.922. The zero-order valence-electron chi connectivity index (χ0n) is 20.2. The van der Waals surface area contributed by atoms with Crippen molar-refractivity contribution in [2.75, 3.05) is 0 Å². The molecule has 0 aromatic carbocycles. The third-order valence-corrected chi connectivity index (χ3v) is 4.25. The minimum atomic E-state index is -3.10. The first-order chi connectivity index (χ1) is 15.9. The lowest BCUT2D eigenvalue weighted by Gasteiger charge is -2.26. The number of carboxylic acid groups (broad SMARTS) is 2. The third kappa shape index (κ3) is 13.9. The highest BCUT2D eigenvalue weighted by atomic mass is 19.3. The average Bonchev–Trinajstić information content (AvgIpc) is 2.66. The van der Waals surface area contributed by atoms with Crippen molar-refractivity contribution >= 4 is 35.6 Å². The molecule has 0 aliphatic rings. The monoisotopic (exact) mass is 509 g/mol. The van der Waals surface area contributed by atoms with Gasteiger partial charge in [-0.2, -0.15) is 0 Å². The second kappa shape index (κ2) is 14.2. The first-order valence-electron chi connectivity index (χ1n) is 10.8. The third-order valence-electron chi connectivity index (χ3n) is 4.25.